The second kappa shape index (κ2) is 6.01. The van der Waals surface area contributed by atoms with Crippen LogP contribution in [0.5, 0.6) is 5.75 Å². The Morgan fingerprint density at radius 3 is 2.68 bits per heavy atom. The SMILES string of the molecule is CCOc1ccccc1-c1ccc(CC#N)c(C)n1. The molecule has 3 heteroatoms. The molecule has 0 N–H and O–H groups in total. The minimum absolute atomic E-state index is 0.395. The van der Waals surface area contributed by atoms with E-state index in [1.807, 2.05) is 50.2 Å². The Kier molecular flexibility index (Phi) is 4.15. The van der Waals surface area contributed by atoms with Crippen LogP contribution in [0.25, 0.3) is 11.3 Å². The average molecular weight is 252 g/mol. The van der Waals surface area contributed by atoms with Crippen molar-refractivity contribution in [1.29, 1.82) is 5.26 Å². The van der Waals surface area contributed by atoms with Gasteiger partial charge in [-0.3, -0.25) is 4.98 Å². The summed E-state index contributed by atoms with van der Waals surface area (Å²) in [7, 11) is 0. The van der Waals surface area contributed by atoms with Crippen molar-refractivity contribution in [2.75, 3.05) is 6.61 Å². The van der Waals surface area contributed by atoms with Gasteiger partial charge in [0.2, 0.25) is 0 Å². The third-order valence-corrected chi connectivity index (χ3v) is 2.93. The first-order chi connectivity index (χ1) is 9.26. The number of nitrogens with zero attached hydrogens (tertiary/aromatic N) is 2. The average Bonchev–Trinajstić information content (AvgIpc) is 2.42. The molecule has 2 aromatic rings. The van der Waals surface area contributed by atoms with E-state index < -0.39 is 0 Å². The Morgan fingerprint density at radius 1 is 1.21 bits per heavy atom. The van der Waals surface area contributed by atoms with Gasteiger partial charge in [-0.25, -0.2) is 0 Å². The van der Waals surface area contributed by atoms with Gasteiger partial charge in [-0.1, -0.05) is 18.2 Å². The molecule has 1 aromatic carbocycles. The lowest BCUT2D eigenvalue weighted by Crippen LogP contribution is -1.97. The van der Waals surface area contributed by atoms with Crippen LogP contribution < -0.4 is 4.74 Å². The lowest BCUT2D eigenvalue weighted by molar-refractivity contribution is 0.341. The summed E-state index contributed by atoms with van der Waals surface area (Å²) < 4.78 is 5.62. The monoisotopic (exact) mass is 252 g/mol. The van der Waals surface area contributed by atoms with Crippen molar-refractivity contribution in [3.05, 3.63) is 47.7 Å². The largest absolute Gasteiger partial charge is 0.493 e. The van der Waals surface area contributed by atoms with E-state index >= 15 is 0 Å². The van der Waals surface area contributed by atoms with Gasteiger partial charge in [0.1, 0.15) is 5.75 Å². The van der Waals surface area contributed by atoms with E-state index in [1.165, 1.54) is 0 Å². The lowest BCUT2D eigenvalue weighted by atomic mass is 10.1. The molecule has 0 saturated carbocycles. The lowest BCUT2D eigenvalue weighted by Gasteiger charge is -2.10. The molecule has 3 nitrogen and oxygen atoms in total. The molecule has 0 unspecified atom stereocenters. The summed E-state index contributed by atoms with van der Waals surface area (Å²) >= 11 is 0. The number of hydrogen-bond donors (Lipinski definition) is 0. The molecule has 0 saturated heterocycles. The summed E-state index contributed by atoms with van der Waals surface area (Å²) in [6.45, 7) is 4.52. The van der Waals surface area contributed by atoms with Crippen LogP contribution in [0.2, 0.25) is 0 Å². The molecular weight excluding hydrogens is 236 g/mol. The molecule has 0 amide bonds. The highest BCUT2D eigenvalue weighted by molar-refractivity contribution is 5.67. The molecule has 0 fully saturated rings. The first-order valence-electron chi connectivity index (χ1n) is 6.32. The molecule has 0 bridgehead atoms. The van der Waals surface area contributed by atoms with Crippen LogP contribution in [0.3, 0.4) is 0 Å². The van der Waals surface area contributed by atoms with Crippen LogP contribution in [-0.4, -0.2) is 11.6 Å². The van der Waals surface area contributed by atoms with E-state index in [-0.39, 0.29) is 0 Å². The van der Waals surface area contributed by atoms with E-state index in [9.17, 15) is 0 Å². The smallest absolute Gasteiger partial charge is 0.128 e. The van der Waals surface area contributed by atoms with Gasteiger partial charge in [-0.05, 0) is 37.6 Å². The van der Waals surface area contributed by atoms with Crippen molar-refractivity contribution in [2.24, 2.45) is 0 Å². The number of para-hydroxylation sites is 1. The van der Waals surface area contributed by atoms with Crippen LogP contribution >= 0.6 is 0 Å². The summed E-state index contributed by atoms with van der Waals surface area (Å²) in [5.41, 5.74) is 3.73. The van der Waals surface area contributed by atoms with E-state index in [4.69, 9.17) is 10.00 Å². The van der Waals surface area contributed by atoms with Crippen molar-refractivity contribution in [2.45, 2.75) is 20.3 Å². The van der Waals surface area contributed by atoms with Crippen LogP contribution in [0.4, 0.5) is 0 Å². The minimum Gasteiger partial charge on any atom is -0.493 e. The van der Waals surface area contributed by atoms with E-state index in [0.29, 0.717) is 13.0 Å². The Labute approximate surface area is 113 Å². The van der Waals surface area contributed by atoms with Crippen LogP contribution in [0.15, 0.2) is 36.4 Å². The van der Waals surface area contributed by atoms with Crippen LogP contribution in [0, 0.1) is 18.3 Å². The Bertz CT molecular complexity index is 614. The summed E-state index contributed by atoms with van der Waals surface area (Å²) in [6.07, 6.45) is 0.395. The van der Waals surface area contributed by atoms with Crippen molar-refractivity contribution in [3.8, 4) is 23.1 Å². The molecule has 0 atom stereocenters. The van der Waals surface area contributed by atoms with Gasteiger partial charge in [0.25, 0.3) is 0 Å². The summed E-state index contributed by atoms with van der Waals surface area (Å²) in [5.74, 6) is 0.838. The first-order valence-corrected chi connectivity index (χ1v) is 6.32. The summed E-state index contributed by atoms with van der Waals surface area (Å²) in [5, 5.41) is 8.75. The number of aromatic nitrogens is 1. The quantitative estimate of drug-likeness (QED) is 0.836. The number of pyridine rings is 1. The molecule has 2 rings (SSSR count). The Morgan fingerprint density at radius 2 is 2.00 bits per heavy atom. The fourth-order valence-electron chi connectivity index (χ4n) is 1.97. The van der Waals surface area contributed by atoms with Gasteiger partial charge < -0.3 is 4.74 Å². The summed E-state index contributed by atoms with van der Waals surface area (Å²) in [6, 6.07) is 13.9. The highest BCUT2D eigenvalue weighted by Gasteiger charge is 2.08. The maximum absolute atomic E-state index is 8.75. The van der Waals surface area contributed by atoms with Gasteiger partial charge in [0.05, 0.1) is 24.8 Å². The van der Waals surface area contributed by atoms with E-state index in [2.05, 4.69) is 11.1 Å². The highest BCUT2D eigenvalue weighted by atomic mass is 16.5. The molecule has 0 aliphatic carbocycles. The Hall–Kier alpha value is -2.34. The zero-order chi connectivity index (χ0) is 13.7. The molecular formula is C16H16N2O. The van der Waals surface area contributed by atoms with Gasteiger partial charge in [0, 0.05) is 11.3 Å². The van der Waals surface area contributed by atoms with Gasteiger partial charge >= 0.3 is 0 Å². The van der Waals surface area contributed by atoms with E-state index in [0.717, 1.165) is 28.3 Å². The maximum Gasteiger partial charge on any atom is 0.128 e. The number of hydrogen-bond acceptors (Lipinski definition) is 3. The Balaban J connectivity index is 2.42. The number of ether oxygens (including phenoxy) is 1. The second-order valence-electron chi connectivity index (χ2n) is 4.21. The molecule has 0 aliphatic heterocycles. The number of rotatable bonds is 4. The van der Waals surface area contributed by atoms with Crippen LogP contribution in [0.1, 0.15) is 18.2 Å². The first kappa shape index (κ1) is 13.1. The predicted octanol–water partition coefficient (Wildman–Crippen LogP) is 3.52. The van der Waals surface area contributed by atoms with Crippen molar-refractivity contribution in [1.82, 2.24) is 4.98 Å². The van der Waals surface area contributed by atoms with Crippen molar-refractivity contribution in [3.63, 3.8) is 0 Å². The fourth-order valence-corrected chi connectivity index (χ4v) is 1.97. The van der Waals surface area contributed by atoms with E-state index in [1.54, 1.807) is 0 Å². The number of aryl methyl sites for hydroxylation is 1. The normalized spacial score (nSPS) is 9.95. The third-order valence-electron chi connectivity index (χ3n) is 2.93. The van der Waals surface area contributed by atoms with Gasteiger partial charge in [0.15, 0.2) is 0 Å². The van der Waals surface area contributed by atoms with Crippen molar-refractivity contribution >= 4 is 0 Å². The molecule has 0 aliphatic rings. The standard InChI is InChI=1S/C16H16N2O/c1-3-19-16-7-5-4-6-14(16)15-9-8-13(10-11-17)12(2)18-15/h4-9H,3,10H2,1-2H3. The highest BCUT2D eigenvalue weighted by Crippen LogP contribution is 2.29. The third kappa shape index (κ3) is 2.92. The minimum atomic E-state index is 0.395. The number of benzene rings is 1. The molecule has 0 radical (unpaired) electrons. The zero-order valence-electron chi connectivity index (χ0n) is 11.2. The molecule has 0 spiro atoms. The summed E-state index contributed by atoms with van der Waals surface area (Å²) in [4.78, 5) is 4.57. The molecule has 19 heavy (non-hydrogen) atoms. The van der Waals surface area contributed by atoms with Gasteiger partial charge in [-0.15, -0.1) is 0 Å². The fraction of sp³-hybridized carbons (Fsp3) is 0.250. The van der Waals surface area contributed by atoms with Gasteiger partial charge in [-0.2, -0.15) is 5.26 Å². The second-order valence-corrected chi connectivity index (χ2v) is 4.21. The number of nitriles is 1. The molecule has 1 aromatic heterocycles. The molecule has 1 heterocycles. The maximum atomic E-state index is 8.75. The van der Waals surface area contributed by atoms with Crippen molar-refractivity contribution < 1.29 is 4.74 Å². The zero-order valence-corrected chi connectivity index (χ0v) is 11.2. The topological polar surface area (TPSA) is 45.9 Å². The molecule has 96 valence electrons. The van der Waals surface area contributed by atoms with Crippen LogP contribution in [-0.2, 0) is 6.42 Å². The predicted molar refractivity (Wildman–Crippen MR) is 74.9 cm³/mol.